The van der Waals surface area contributed by atoms with Gasteiger partial charge in [-0.1, -0.05) is 42.0 Å². The molecule has 0 saturated carbocycles. The summed E-state index contributed by atoms with van der Waals surface area (Å²) in [7, 11) is 0. The monoisotopic (exact) mass is 255 g/mol. The van der Waals surface area contributed by atoms with Crippen LogP contribution >= 0.6 is 0 Å². The Balaban J connectivity index is 1.85. The average Bonchev–Trinajstić information content (AvgIpc) is 2.38. The maximum atomic E-state index is 6.18. The van der Waals surface area contributed by atoms with Crippen molar-refractivity contribution in [3.05, 3.63) is 65.2 Å². The second-order valence-electron chi connectivity index (χ2n) is 4.97. The SMILES string of the molecule is Cc1cccc(OCCC(N)c2cccc(C)c2)c1. The van der Waals surface area contributed by atoms with Crippen molar-refractivity contribution in [3.8, 4) is 5.75 Å². The normalized spacial score (nSPS) is 12.2. The van der Waals surface area contributed by atoms with Crippen LogP contribution in [0.3, 0.4) is 0 Å². The van der Waals surface area contributed by atoms with Gasteiger partial charge in [-0.25, -0.2) is 0 Å². The zero-order chi connectivity index (χ0) is 13.7. The molecular formula is C17H21NO. The third-order valence-electron chi connectivity index (χ3n) is 3.16. The zero-order valence-corrected chi connectivity index (χ0v) is 11.6. The Labute approximate surface area is 115 Å². The molecule has 0 amide bonds. The van der Waals surface area contributed by atoms with Gasteiger partial charge in [-0.05, 0) is 37.1 Å². The van der Waals surface area contributed by atoms with Crippen LogP contribution in [0.5, 0.6) is 5.75 Å². The molecule has 0 aliphatic carbocycles. The molecule has 2 heteroatoms. The summed E-state index contributed by atoms with van der Waals surface area (Å²) in [4.78, 5) is 0. The van der Waals surface area contributed by atoms with E-state index >= 15 is 0 Å². The molecule has 0 aliphatic heterocycles. The van der Waals surface area contributed by atoms with Crippen LogP contribution in [0, 0.1) is 13.8 Å². The van der Waals surface area contributed by atoms with Crippen LogP contribution in [0.2, 0.25) is 0 Å². The summed E-state index contributed by atoms with van der Waals surface area (Å²) in [5.74, 6) is 0.913. The Morgan fingerprint density at radius 2 is 1.68 bits per heavy atom. The van der Waals surface area contributed by atoms with Crippen molar-refractivity contribution in [2.24, 2.45) is 5.73 Å². The molecule has 1 unspecified atom stereocenters. The lowest BCUT2D eigenvalue weighted by Gasteiger charge is -2.13. The van der Waals surface area contributed by atoms with Crippen molar-refractivity contribution >= 4 is 0 Å². The fourth-order valence-electron chi connectivity index (χ4n) is 2.08. The third kappa shape index (κ3) is 4.11. The first kappa shape index (κ1) is 13.6. The molecule has 2 nitrogen and oxygen atoms in total. The van der Waals surface area contributed by atoms with Crippen molar-refractivity contribution in [3.63, 3.8) is 0 Å². The Morgan fingerprint density at radius 1 is 1.00 bits per heavy atom. The Morgan fingerprint density at radius 3 is 2.37 bits per heavy atom. The number of rotatable bonds is 5. The largest absolute Gasteiger partial charge is 0.494 e. The van der Waals surface area contributed by atoms with Gasteiger partial charge in [0.2, 0.25) is 0 Å². The van der Waals surface area contributed by atoms with Crippen molar-refractivity contribution in [1.82, 2.24) is 0 Å². The maximum Gasteiger partial charge on any atom is 0.119 e. The standard InChI is InChI=1S/C17H21NO/c1-13-5-3-7-15(11-13)17(18)9-10-19-16-8-4-6-14(2)12-16/h3-8,11-12,17H,9-10,18H2,1-2H3. The van der Waals surface area contributed by atoms with E-state index in [0.717, 1.165) is 12.2 Å². The van der Waals surface area contributed by atoms with E-state index in [9.17, 15) is 0 Å². The average molecular weight is 255 g/mol. The number of nitrogens with two attached hydrogens (primary N) is 1. The van der Waals surface area contributed by atoms with Gasteiger partial charge < -0.3 is 10.5 Å². The van der Waals surface area contributed by atoms with E-state index in [1.807, 2.05) is 24.3 Å². The van der Waals surface area contributed by atoms with Crippen LogP contribution in [-0.2, 0) is 0 Å². The van der Waals surface area contributed by atoms with E-state index in [1.54, 1.807) is 0 Å². The van der Waals surface area contributed by atoms with Crippen molar-refractivity contribution in [2.75, 3.05) is 6.61 Å². The summed E-state index contributed by atoms with van der Waals surface area (Å²) in [5, 5.41) is 0. The van der Waals surface area contributed by atoms with Gasteiger partial charge in [0, 0.05) is 12.5 Å². The Bertz CT molecular complexity index is 536. The third-order valence-corrected chi connectivity index (χ3v) is 3.16. The number of ether oxygens (including phenoxy) is 1. The number of hydrogen-bond acceptors (Lipinski definition) is 2. The fourth-order valence-corrected chi connectivity index (χ4v) is 2.08. The minimum absolute atomic E-state index is 0.0321. The summed E-state index contributed by atoms with van der Waals surface area (Å²) in [6, 6.07) is 16.5. The Hall–Kier alpha value is -1.80. The predicted molar refractivity (Wildman–Crippen MR) is 79.4 cm³/mol. The van der Waals surface area contributed by atoms with Crippen molar-refractivity contribution < 1.29 is 4.74 Å². The topological polar surface area (TPSA) is 35.2 Å². The highest BCUT2D eigenvalue weighted by molar-refractivity contribution is 5.27. The summed E-state index contributed by atoms with van der Waals surface area (Å²) >= 11 is 0. The summed E-state index contributed by atoms with van der Waals surface area (Å²) in [6.45, 7) is 4.78. The molecule has 0 fully saturated rings. The second kappa shape index (κ2) is 6.39. The van der Waals surface area contributed by atoms with E-state index < -0.39 is 0 Å². The summed E-state index contributed by atoms with van der Waals surface area (Å²) < 4.78 is 5.73. The summed E-state index contributed by atoms with van der Waals surface area (Å²) in [6.07, 6.45) is 0.817. The van der Waals surface area contributed by atoms with E-state index in [-0.39, 0.29) is 6.04 Å². The highest BCUT2D eigenvalue weighted by Gasteiger charge is 2.06. The van der Waals surface area contributed by atoms with Gasteiger partial charge in [-0.2, -0.15) is 0 Å². The molecule has 2 aromatic rings. The first-order valence-electron chi connectivity index (χ1n) is 6.67. The first-order chi connectivity index (χ1) is 9.15. The van der Waals surface area contributed by atoms with Gasteiger partial charge in [0.1, 0.15) is 5.75 Å². The quantitative estimate of drug-likeness (QED) is 0.882. The molecule has 0 radical (unpaired) electrons. The van der Waals surface area contributed by atoms with E-state index in [1.165, 1.54) is 16.7 Å². The Kier molecular flexibility index (Phi) is 4.58. The van der Waals surface area contributed by atoms with Crippen molar-refractivity contribution in [2.45, 2.75) is 26.3 Å². The van der Waals surface area contributed by atoms with Gasteiger partial charge in [-0.15, -0.1) is 0 Å². The number of aryl methyl sites for hydroxylation is 2. The minimum Gasteiger partial charge on any atom is -0.494 e. The molecule has 0 heterocycles. The molecule has 2 rings (SSSR count). The molecule has 1 atom stereocenters. The molecule has 0 bridgehead atoms. The smallest absolute Gasteiger partial charge is 0.119 e. The van der Waals surface area contributed by atoms with E-state index in [0.29, 0.717) is 6.61 Å². The van der Waals surface area contributed by atoms with E-state index in [4.69, 9.17) is 10.5 Å². The van der Waals surface area contributed by atoms with Crippen LogP contribution in [0.15, 0.2) is 48.5 Å². The fraction of sp³-hybridized carbons (Fsp3) is 0.294. The molecule has 19 heavy (non-hydrogen) atoms. The highest BCUT2D eigenvalue weighted by Crippen LogP contribution is 2.17. The molecular weight excluding hydrogens is 234 g/mol. The number of benzene rings is 2. The molecule has 0 aliphatic rings. The van der Waals surface area contributed by atoms with Gasteiger partial charge in [0.25, 0.3) is 0 Å². The predicted octanol–water partition coefficient (Wildman–Crippen LogP) is 3.77. The zero-order valence-electron chi connectivity index (χ0n) is 11.6. The van der Waals surface area contributed by atoms with Gasteiger partial charge in [0.15, 0.2) is 0 Å². The van der Waals surface area contributed by atoms with Crippen LogP contribution < -0.4 is 10.5 Å². The van der Waals surface area contributed by atoms with Crippen LogP contribution in [0.4, 0.5) is 0 Å². The van der Waals surface area contributed by atoms with Crippen LogP contribution in [0.25, 0.3) is 0 Å². The lowest BCUT2D eigenvalue weighted by Crippen LogP contribution is -2.14. The first-order valence-corrected chi connectivity index (χ1v) is 6.67. The summed E-state index contributed by atoms with van der Waals surface area (Å²) in [5.41, 5.74) is 9.80. The van der Waals surface area contributed by atoms with Gasteiger partial charge >= 0.3 is 0 Å². The van der Waals surface area contributed by atoms with E-state index in [2.05, 4.69) is 38.1 Å². The molecule has 0 aromatic heterocycles. The van der Waals surface area contributed by atoms with Gasteiger partial charge in [0.05, 0.1) is 6.61 Å². The molecule has 2 N–H and O–H groups in total. The maximum absolute atomic E-state index is 6.18. The molecule has 0 spiro atoms. The lowest BCUT2D eigenvalue weighted by atomic mass is 10.0. The molecule has 100 valence electrons. The minimum atomic E-state index is 0.0321. The van der Waals surface area contributed by atoms with Crippen molar-refractivity contribution in [1.29, 1.82) is 0 Å². The highest BCUT2D eigenvalue weighted by atomic mass is 16.5. The van der Waals surface area contributed by atoms with Gasteiger partial charge in [-0.3, -0.25) is 0 Å². The lowest BCUT2D eigenvalue weighted by molar-refractivity contribution is 0.298. The number of hydrogen-bond donors (Lipinski definition) is 1. The second-order valence-corrected chi connectivity index (χ2v) is 4.97. The molecule has 0 saturated heterocycles. The molecule has 2 aromatic carbocycles. The van der Waals surface area contributed by atoms with Crippen LogP contribution in [0.1, 0.15) is 29.2 Å². The van der Waals surface area contributed by atoms with Crippen LogP contribution in [-0.4, -0.2) is 6.61 Å².